The Morgan fingerprint density at radius 2 is 2.22 bits per heavy atom. The Labute approximate surface area is 110 Å². The minimum Gasteiger partial charge on any atom is -0.336 e. The molecule has 2 rings (SSSR count). The van der Waals surface area contributed by atoms with E-state index in [1.54, 1.807) is 0 Å². The maximum Gasteiger partial charge on any atom is 0.208 e. The lowest BCUT2D eigenvalue weighted by Gasteiger charge is -2.48. The average molecular weight is 253 g/mol. The van der Waals surface area contributed by atoms with Crippen LogP contribution in [0.4, 0.5) is 0 Å². The van der Waals surface area contributed by atoms with Crippen LogP contribution in [-0.2, 0) is 0 Å². The molecule has 0 spiro atoms. The number of hydrogen-bond acceptors (Lipinski definition) is 3. The summed E-state index contributed by atoms with van der Waals surface area (Å²) < 4.78 is 0. The molecule has 0 aromatic heterocycles. The second-order valence-electron chi connectivity index (χ2n) is 5.50. The van der Waals surface area contributed by atoms with E-state index in [1.807, 2.05) is 0 Å². The number of nitrogens with two attached hydrogens (primary N) is 1. The summed E-state index contributed by atoms with van der Waals surface area (Å²) in [5.74, 6) is 6.51. The van der Waals surface area contributed by atoms with Crippen LogP contribution in [0.3, 0.4) is 0 Å². The van der Waals surface area contributed by atoms with Gasteiger partial charge in [-0.2, -0.15) is 0 Å². The fourth-order valence-electron chi connectivity index (χ4n) is 3.08. The summed E-state index contributed by atoms with van der Waals surface area (Å²) in [4.78, 5) is 9.55. The molecule has 0 bridgehead atoms. The van der Waals surface area contributed by atoms with E-state index in [1.165, 1.54) is 25.8 Å². The molecule has 2 aliphatic heterocycles. The van der Waals surface area contributed by atoms with Crippen molar-refractivity contribution in [3.63, 3.8) is 0 Å². The average Bonchev–Trinajstić information content (AvgIpc) is 2.40. The molecule has 5 nitrogen and oxygen atoms in total. The standard InChI is InChI=1S/C13H27N5/c1-3-7-15-13(16-14)18-10-12-6-4-5-8-17(12)9-11(18)2/h11-12H,3-10,14H2,1-2H3,(H,15,16). The fourth-order valence-corrected chi connectivity index (χ4v) is 3.08. The highest BCUT2D eigenvalue weighted by atomic mass is 15.4. The zero-order valence-corrected chi connectivity index (χ0v) is 11.7. The van der Waals surface area contributed by atoms with E-state index in [-0.39, 0.29) is 0 Å². The van der Waals surface area contributed by atoms with E-state index < -0.39 is 0 Å². The number of nitrogens with zero attached hydrogens (tertiary/aromatic N) is 3. The monoisotopic (exact) mass is 253 g/mol. The Kier molecular flexibility index (Phi) is 4.83. The van der Waals surface area contributed by atoms with E-state index in [0.29, 0.717) is 12.1 Å². The molecule has 0 aromatic rings. The summed E-state index contributed by atoms with van der Waals surface area (Å²) in [5, 5.41) is 0. The van der Waals surface area contributed by atoms with E-state index in [2.05, 4.69) is 34.1 Å². The van der Waals surface area contributed by atoms with Gasteiger partial charge in [0.05, 0.1) is 0 Å². The summed E-state index contributed by atoms with van der Waals surface area (Å²) in [6, 6.07) is 1.18. The number of nitrogens with one attached hydrogen (secondary N) is 1. The summed E-state index contributed by atoms with van der Waals surface area (Å²) in [6.45, 7) is 8.71. The lowest BCUT2D eigenvalue weighted by Crippen LogP contribution is -2.62. The van der Waals surface area contributed by atoms with E-state index >= 15 is 0 Å². The molecule has 3 N–H and O–H groups in total. The van der Waals surface area contributed by atoms with Crippen molar-refractivity contribution >= 4 is 5.96 Å². The van der Waals surface area contributed by atoms with Crippen LogP contribution in [-0.4, -0.2) is 54.0 Å². The molecule has 2 fully saturated rings. The molecule has 2 atom stereocenters. The Balaban J connectivity index is 2.03. The van der Waals surface area contributed by atoms with Crippen LogP contribution in [0.15, 0.2) is 4.99 Å². The Morgan fingerprint density at radius 3 is 2.94 bits per heavy atom. The number of hydrazine groups is 1. The van der Waals surface area contributed by atoms with Gasteiger partial charge in [-0.05, 0) is 32.7 Å². The van der Waals surface area contributed by atoms with Crippen LogP contribution in [0.25, 0.3) is 0 Å². The van der Waals surface area contributed by atoms with Gasteiger partial charge in [-0.1, -0.05) is 13.3 Å². The molecule has 2 saturated heterocycles. The summed E-state index contributed by atoms with van der Waals surface area (Å²) >= 11 is 0. The number of hydrogen-bond donors (Lipinski definition) is 2. The number of piperidine rings is 1. The second kappa shape index (κ2) is 6.38. The summed E-state index contributed by atoms with van der Waals surface area (Å²) in [5.41, 5.74) is 2.79. The number of aliphatic imine (C=N–C) groups is 1. The third-order valence-corrected chi connectivity index (χ3v) is 4.07. The molecule has 18 heavy (non-hydrogen) atoms. The molecule has 104 valence electrons. The Hall–Kier alpha value is -0.810. The van der Waals surface area contributed by atoms with Crippen LogP contribution >= 0.6 is 0 Å². The first-order chi connectivity index (χ1) is 8.76. The summed E-state index contributed by atoms with van der Waals surface area (Å²) in [6.07, 6.45) is 5.09. The molecule has 2 aliphatic rings. The molecule has 0 aromatic carbocycles. The quantitative estimate of drug-likeness (QED) is 0.330. The van der Waals surface area contributed by atoms with Gasteiger partial charge in [0, 0.05) is 31.7 Å². The molecule has 2 heterocycles. The van der Waals surface area contributed by atoms with Gasteiger partial charge in [-0.3, -0.25) is 15.3 Å². The minimum absolute atomic E-state index is 0.492. The van der Waals surface area contributed by atoms with Crippen LogP contribution in [0.2, 0.25) is 0 Å². The lowest BCUT2D eigenvalue weighted by atomic mass is 9.97. The Bertz CT molecular complexity index is 291. The highest BCUT2D eigenvalue weighted by Crippen LogP contribution is 2.23. The van der Waals surface area contributed by atoms with Gasteiger partial charge in [-0.25, -0.2) is 5.84 Å². The van der Waals surface area contributed by atoms with Crippen LogP contribution < -0.4 is 11.3 Å². The van der Waals surface area contributed by atoms with Gasteiger partial charge in [0.25, 0.3) is 0 Å². The van der Waals surface area contributed by atoms with Gasteiger partial charge in [-0.15, -0.1) is 0 Å². The number of guanidine groups is 1. The SMILES string of the molecule is CCCN=C(NN)N1CC2CCCCN2CC1C. The maximum absolute atomic E-state index is 5.64. The molecule has 2 unspecified atom stereocenters. The van der Waals surface area contributed by atoms with Crippen molar-refractivity contribution < 1.29 is 0 Å². The van der Waals surface area contributed by atoms with Crippen molar-refractivity contribution in [2.24, 2.45) is 10.8 Å². The van der Waals surface area contributed by atoms with Crippen molar-refractivity contribution in [3.05, 3.63) is 0 Å². The molecule has 0 saturated carbocycles. The van der Waals surface area contributed by atoms with Crippen LogP contribution in [0, 0.1) is 0 Å². The van der Waals surface area contributed by atoms with E-state index in [4.69, 9.17) is 5.84 Å². The first kappa shape index (κ1) is 13.6. The predicted molar refractivity (Wildman–Crippen MR) is 75.3 cm³/mol. The molecule has 0 radical (unpaired) electrons. The van der Waals surface area contributed by atoms with Crippen molar-refractivity contribution in [2.45, 2.75) is 51.6 Å². The lowest BCUT2D eigenvalue weighted by molar-refractivity contribution is 0.0485. The smallest absolute Gasteiger partial charge is 0.208 e. The first-order valence-electron chi connectivity index (χ1n) is 7.28. The van der Waals surface area contributed by atoms with E-state index in [0.717, 1.165) is 32.0 Å². The van der Waals surface area contributed by atoms with Gasteiger partial charge in [0.1, 0.15) is 0 Å². The van der Waals surface area contributed by atoms with Gasteiger partial charge >= 0.3 is 0 Å². The Morgan fingerprint density at radius 1 is 1.39 bits per heavy atom. The zero-order valence-electron chi connectivity index (χ0n) is 11.7. The first-order valence-corrected chi connectivity index (χ1v) is 7.28. The summed E-state index contributed by atoms with van der Waals surface area (Å²) in [7, 11) is 0. The van der Waals surface area contributed by atoms with Crippen LogP contribution in [0.1, 0.15) is 39.5 Å². The predicted octanol–water partition coefficient (Wildman–Crippen LogP) is 0.774. The molecule has 0 amide bonds. The van der Waals surface area contributed by atoms with Gasteiger partial charge in [0.15, 0.2) is 0 Å². The van der Waals surface area contributed by atoms with Crippen molar-refractivity contribution in [3.8, 4) is 0 Å². The van der Waals surface area contributed by atoms with Crippen molar-refractivity contribution in [1.29, 1.82) is 0 Å². The molecular formula is C13H27N5. The fraction of sp³-hybridized carbons (Fsp3) is 0.923. The number of piperazine rings is 1. The highest BCUT2D eigenvalue weighted by molar-refractivity contribution is 5.79. The molecular weight excluding hydrogens is 226 g/mol. The van der Waals surface area contributed by atoms with E-state index in [9.17, 15) is 0 Å². The third kappa shape index (κ3) is 2.95. The zero-order chi connectivity index (χ0) is 13.0. The molecule has 5 heteroatoms. The normalized spacial score (nSPS) is 30.2. The third-order valence-electron chi connectivity index (χ3n) is 4.07. The second-order valence-corrected chi connectivity index (χ2v) is 5.50. The largest absolute Gasteiger partial charge is 0.336 e. The highest BCUT2D eigenvalue weighted by Gasteiger charge is 2.34. The number of fused-ring (bicyclic) bond motifs is 1. The minimum atomic E-state index is 0.492. The number of rotatable bonds is 2. The topological polar surface area (TPSA) is 56.9 Å². The van der Waals surface area contributed by atoms with Gasteiger partial charge in [0.2, 0.25) is 5.96 Å². The maximum atomic E-state index is 5.64. The van der Waals surface area contributed by atoms with Crippen molar-refractivity contribution in [2.75, 3.05) is 26.2 Å². The van der Waals surface area contributed by atoms with Crippen LogP contribution in [0.5, 0.6) is 0 Å². The molecule has 0 aliphatic carbocycles. The van der Waals surface area contributed by atoms with Crippen molar-refractivity contribution in [1.82, 2.24) is 15.2 Å². The van der Waals surface area contributed by atoms with Gasteiger partial charge < -0.3 is 4.90 Å².